The van der Waals surface area contributed by atoms with E-state index in [1.54, 1.807) is 13.2 Å². The Kier molecular flexibility index (Phi) is 6.45. The molecule has 29 heavy (non-hydrogen) atoms. The van der Waals surface area contributed by atoms with Crippen molar-refractivity contribution < 1.29 is 14.3 Å². The van der Waals surface area contributed by atoms with Gasteiger partial charge in [-0.15, -0.1) is 0 Å². The molecule has 1 unspecified atom stereocenters. The third-order valence-corrected chi connectivity index (χ3v) is 5.60. The monoisotopic (exact) mass is 430 g/mol. The van der Waals surface area contributed by atoms with Crippen LogP contribution in [0.3, 0.4) is 0 Å². The van der Waals surface area contributed by atoms with Gasteiger partial charge in [-0.25, -0.2) is 0 Å². The summed E-state index contributed by atoms with van der Waals surface area (Å²) in [6.45, 7) is 4.57. The zero-order valence-corrected chi connectivity index (χ0v) is 18.4. The SMILES string of the molecule is CCN1C(=S)NC(c2cc(Cl)c(OC)c(OC)c2)C(C(=O)c2ccccc2)=C1C. The molecule has 2 aromatic rings. The number of rotatable bonds is 6. The summed E-state index contributed by atoms with van der Waals surface area (Å²) in [4.78, 5) is 15.4. The van der Waals surface area contributed by atoms with Crippen molar-refractivity contribution in [2.24, 2.45) is 0 Å². The molecule has 0 bridgehead atoms. The number of methoxy groups -OCH3 is 2. The van der Waals surface area contributed by atoms with Crippen LogP contribution in [0.25, 0.3) is 0 Å². The zero-order valence-electron chi connectivity index (χ0n) is 16.8. The maximum absolute atomic E-state index is 13.5. The average Bonchev–Trinajstić information content (AvgIpc) is 2.73. The quantitative estimate of drug-likeness (QED) is 0.526. The van der Waals surface area contributed by atoms with E-state index in [2.05, 4.69) is 5.32 Å². The van der Waals surface area contributed by atoms with Crippen molar-refractivity contribution in [1.82, 2.24) is 10.2 Å². The number of carbonyl (C=O) groups excluding carboxylic acids is 1. The van der Waals surface area contributed by atoms with Crippen LogP contribution in [0.1, 0.15) is 35.8 Å². The first-order valence-electron chi connectivity index (χ1n) is 9.22. The van der Waals surface area contributed by atoms with E-state index in [1.807, 2.05) is 55.1 Å². The topological polar surface area (TPSA) is 50.8 Å². The van der Waals surface area contributed by atoms with Crippen molar-refractivity contribution in [3.8, 4) is 11.5 Å². The molecule has 1 atom stereocenters. The van der Waals surface area contributed by atoms with Crippen molar-refractivity contribution in [3.05, 3.63) is 69.9 Å². The highest BCUT2D eigenvalue weighted by atomic mass is 35.5. The van der Waals surface area contributed by atoms with Crippen molar-refractivity contribution >= 4 is 34.7 Å². The first-order chi connectivity index (χ1) is 13.9. The lowest BCUT2D eigenvalue weighted by molar-refractivity contribution is 0.102. The molecule has 2 aromatic carbocycles. The number of hydrogen-bond donors (Lipinski definition) is 1. The van der Waals surface area contributed by atoms with Crippen LogP contribution in [-0.2, 0) is 0 Å². The van der Waals surface area contributed by atoms with Crippen molar-refractivity contribution in [3.63, 3.8) is 0 Å². The molecule has 0 spiro atoms. The molecule has 5 nitrogen and oxygen atoms in total. The highest BCUT2D eigenvalue weighted by Gasteiger charge is 2.34. The maximum atomic E-state index is 13.5. The van der Waals surface area contributed by atoms with Crippen LogP contribution in [0, 0.1) is 0 Å². The highest BCUT2D eigenvalue weighted by Crippen LogP contribution is 2.41. The lowest BCUT2D eigenvalue weighted by Crippen LogP contribution is -2.47. The molecular weight excluding hydrogens is 408 g/mol. The number of thiocarbonyl (C=S) groups is 1. The number of ketones is 1. The van der Waals surface area contributed by atoms with Crippen LogP contribution in [0.2, 0.25) is 5.02 Å². The van der Waals surface area contributed by atoms with Gasteiger partial charge < -0.3 is 19.7 Å². The molecule has 0 amide bonds. The van der Waals surface area contributed by atoms with E-state index < -0.39 is 6.04 Å². The number of carbonyl (C=O) groups is 1. The smallest absolute Gasteiger partial charge is 0.193 e. The fourth-order valence-corrected chi connectivity index (χ4v) is 4.24. The van der Waals surface area contributed by atoms with Crippen molar-refractivity contribution in [2.75, 3.05) is 20.8 Å². The average molecular weight is 431 g/mol. The van der Waals surface area contributed by atoms with Gasteiger partial charge in [0.1, 0.15) is 0 Å². The fraction of sp³-hybridized carbons (Fsp3) is 0.273. The molecule has 1 aliphatic rings. The predicted octanol–water partition coefficient (Wildman–Crippen LogP) is 4.77. The second-order valence-electron chi connectivity index (χ2n) is 6.56. The standard InChI is InChI=1S/C22H23ClN2O3S/c1-5-25-13(2)18(20(26)14-9-7-6-8-10-14)19(24-22(25)29)15-11-16(23)21(28-4)17(12-15)27-3/h6-12,19H,5H2,1-4H3,(H,24,29). The van der Waals surface area contributed by atoms with Gasteiger partial charge in [-0.05, 0) is 43.8 Å². The first kappa shape index (κ1) is 21.1. The second kappa shape index (κ2) is 8.84. The Balaban J connectivity index is 2.18. The maximum Gasteiger partial charge on any atom is 0.193 e. The van der Waals surface area contributed by atoms with Crippen LogP contribution < -0.4 is 14.8 Å². The Hall–Kier alpha value is -2.57. The third-order valence-electron chi connectivity index (χ3n) is 4.98. The van der Waals surface area contributed by atoms with Gasteiger partial charge in [0.05, 0.1) is 25.3 Å². The van der Waals surface area contributed by atoms with Gasteiger partial charge in [-0.2, -0.15) is 0 Å². The number of nitrogens with zero attached hydrogens (tertiary/aromatic N) is 1. The minimum absolute atomic E-state index is 0.0625. The number of Topliss-reactive ketones (excluding diaryl/α,β-unsaturated/α-hetero) is 1. The van der Waals surface area contributed by atoms with E-state index in [0.717, 1.165) is 11.3 Å². The summed E-state index contributed by atoms with van der Waals surface area (Å²) in [5.74, 6) is 0.875. The molecular formula is C22H23ClN2O3S. The number of ether oxygens (including phenoxy) is 2. The summed E-state index contributed by atoms with van der Waals surface area (Å²) < 4.78 is 10.8. The molecule has 0 radical (unpaired) electrons. The minimum Gasteiger partial charge on any atom is -0.493 e. The van der Waals surface area contributed by atoms with Crippen LogP contribution >= 0.6 is 23.8 Å². The van der Waals surface area contributed by atoms with E-state index in [9.17, 15) is 4.79 Å². The normalized spacial score (nSPS) is 16.5. The van der Waals surface area contributed by atoms with Crippen LogP contribution in [0.4, 0.5) is 0 Å². The van der Waals surface area contributed by atoms with Crippen molar-refractivity contribution in [2.45, 2.75) is 19.9 Å². The van der Waals surface area contributed by atoms with E-state index in [0.29, 0.717) is 39.3 Å². The molecule has 0 saturated heterocycles. The molecule has 0 aromatic heterocycles. The molecule has 7 heteroatoms. The highest BCUT2D eigenvalue weighted by molar-refractivity contribution is 7.80. The number of allylic oxidation sites excluding steroid dienone is 1. The largest absolute Gasteiger partial charge is 0.493 e. The summed E-state index contributed by atoms with van der Waals surface area (Å²) >= 11 is 12.0. The fourth-order valence-electron chi connectivity index (χ4n) is 3.56. The number of benzene rings is 2. The van der Waals surface area contributed by atoms with Gasteiger partial charge in [0, 0.05) is 23.4 Å². The summed E-state index contributed by atoms with van der Waals surface area (Å²) in [6, 6.07) is 12.3. The molecule has 1 N–H and O–H groups in total. The lowest BCUT2D eigenvalue weighted by atomic mass is 9.89. The van der Waals surface area contributed by atoms with Crippen LogP contribution in [0.5, 0.6) is 11.5 Å². The summed E-state index contributed by atoms with van der Waals surface area (Å²) in [7, 11) is 3.08. The molecule has 152 valence electrons. The molecule has 0 fully saturated rings. The summed E-state index contributed by atoms with van der Waals surface area (Å²) in [5, 5.41) is 4.26. The Morgan fingerprint density at radius 2 is 1.90 bits per heavy atom. The van der Waals surface area contributed by atoms with Gasteiger partial charge in [0.15, 0.2) is 22.4 Å². The predicted molar refractivity (Wildman–Crippen MR) is 119 cm³/mol. The van der Waals surface area contributed by atoms with Gasteiger partial charge in [-0.1, -0.05) is 41.9 Å². The summed E-state index contributed by atoms with van der Waals surface area (Å²) in [5.41, 5.74) is 2.82. The molecule has 0 saturated carbocycles. The van der Waals surface area contributed by atoms with Gasteiger partial charge in [-0.3, -0.25) is 4.79 Å². The van der Waals surface area contributed by atoms with Gasteiger partial charge >= 0.3 is 0 Å². The zero-order chi connectivity index (χ0) is 21.1. The molecule has 3 rings (SSSR count). The van der Waals surface area contributed by atoms with E-state index >= 15 is 0 Å². The number of hydrogen-bond acceptors (Lipinski definition) is 4. The van der Waals surface area contributed by atoms with E-state index in [1.165, 1.54) is 7.11 Å². The number of nitrogens with one attached hydrogen (secondary N) is 1. The Morgan fingerprint density at radius 1 is 1.21 bits per heavy atom. The lowest BCUT2D eigenvalue weighted by Gasteiger charge is -2.37. The van der Waals surface area contributed by atoms with Gasteiger partial charge in [0.2, 0.25) is 0 Å². The number of halogens is 1. The Bertz CT molecular complexity index is 976. The van der Waals surface area contributed by atoms with Crippen LogP contribution in [0.15, 0.2) is 53.7 Å². The van der Waals surface area contributed by atoms with E-state index in [-0.39, 0.29) is 5.78 Å². The molecule has 0 aliphatic carbocycles. The first-order valence-corrected chi connectivity index (χ1v) is 10.0. The van der Waals surface area contributed by atoms with Crippen molar-refractivity contribution in [1.29, 1.82) is 0 Å². The Labute approximate surface area is 181 Å². The molecule has 1 heterocycles. The van der Waals surface area contributed by atoms with Crippen LogP contribution in [-0.4, -0.2) is 36.6 Å². The second-order valence-corrected chi connectivity index (χ2v) is 7.35. The summed E-state index contributed by atoms with van der Waals surface area (Å²) in [6.07, 6.45) is 0. The third kappa shape index (κ3) is 3.95. The molecule has 1 aliphatic heterocycles. The minimum atomic E-state index is -0.463. The van der Waals surface area contributed by atoms with E-state index in [4.69, 9.17) is 33.3 Å². The Morgan fingerprint density at radius 3 is 2.48 bits per heavy atom. The van der Waals surface area contributed by atoms with Gasteiger partial charge in [0.25, 0.3) is 0 Å².